The van der Waals surface area contributed by atoms with Crippen LogP contribution in [-0.4, -0.2) is 33.1 Å². The summed E-state index contributed by atoms with van der Waals surface area (Å²) >= 11 is 3.08. The minimum Gasteiger partial charge on any atom is -0.340 e. The van der Waals surface area contributed by atoms with Crippen LogP contribution in [0.4, 0.5) is 4.39 Å². The molecule has 3 rings (SSSR count). The Labute approximate surface area is 160 Å². The Hall–Kier alpha value is -1.99. The van der Waals surface area contributed by atoms with Crippen LogP contribution in [0.3, 0.4) is 0 Å². The van der Waals surface area contributed by atoms with E-state index < -0.39 is 0 Å². The number of nitrogens with zero attached hydrogens (tertiary/aromatic N) is 3. The molecule has 4 nitrogen and oxygen atoms in total. The van der Waals surface area contributed by atoms with Crippen molar-refractivity contribution in [2.75, 3.05) is 7.05 Å². The molecule has 0 aliphatic heterocycles. The Morgan fingerprint density at radius 1 is 1.35 bits per heavy atom. The molecule has 0 spiro atoms. The summed E-state index contributed by atoms with van der Waals surface area (Å²) in [6, 6.07) is 6.32. The molecule has 0 radical (unpaired) electrons. The van der Waals surface area contributed by atoms with Crippen LogP contribution in [0.15, 0.2) is 35.6 Å². The number of aromatic nitrogens is 2. The van der Waals surface area contributed by atoms with Gasteiger partial charge in [0.1, 0.15) is 22.0 Å². The number of fused-ring (bicyclic) bond motifs is 1. The Morgan fingerprint density at radius 3 is 2.85 bits per heavy atom. The fourth-order valence-electron chi connectivity index (χ4n) is 2.75. The quantitative estimate of drug-likeness (QED) is 0.473. The first-order valence-electron chi connectivity index (χ1n) is 8.23. The molecular weight excluding hydrogens is 369 g/mol. The third-order valence-corrected chi connectivity index (χ3v) is 6.45. The minimum absolute atomic E-state index is 0.0179. The average Bonchev–Trinajstić information content (AvgIpc) is 2.89. The predicted molar refractivity (Wildman–Crippen MR) is 105 cm³/mol. The van der Waals surface area contributed by atoms with Crippen LogP contribution >= 0.6 is 23.1 Å². The summed E-state index contributed by atoms with van der Waals surface area (Å²) in [5, 5.41) is 1.57. The van der Waals surface area contributed by atoms with Crippen LogP contribution in [-0.2, 0) is 11.3 Å². The number of amides is 1. The topological polar surface area (TPSA) is 46.1 Å². The first-order chi connectivity index (χ1) is 12.4. The highest BCUT2D eigenvalue weighted by Gasteiger charge is 2.22. The lowest BCUT2D eigenvalue weighted by Crippen LogP contribution is -2.32. The highest BCUT2D eigenvalue weighted by Crippen LogP contribution is 2.36. The number of aryl methyl sites for hydroxylation is 2. The summed E-state index contributed by atoms with van der Waals surface area (Å²) in [6.45, 7) is 6.37. The summed E-state index contributed by atoms with van der Waals surface area (Å²) in [7, 11) is 1.74. The number of carbonyl (C=O) groups is 1. The van der Waals surface area contributed by atoms with Crippen molar-refractivity contribution in [1.82, 2.24) is 14.9 Å². The molecule has 1 aromatic carbocycles. The zero-order valence-corrected chi connectivity index (χ0v) is 16.7. The molecule has 0 unspecified atom stereocenters. The molecule has 0 fully saturated rings. The third kappa shape index (κ3) is 3.88. The highest BCUT2D eigenvalue weighted by molar-refractivity contribution is 8.00. The van der Waals surface area contributed by atoms with Crippen molar-refractivity contribution in [3.05, 3.63) is 52.4 Å². The van der Waals surface area contributed by atoms with Gasteiger partial charge in [0.25, 0.3) is 0 Å². The monoisotopic (exact) mass is 389 g/mol. The van der Waals surface area contributed by atoms with Gasteiger partial charge in [-0.05, 0) is 44.0 Å². The molecule has 1 amide bonds. The van der Waals surface area contributed by atoms with E-state index in [0.29, 0.717) is 6.54 Å². The molecule has 3 aromatic rings. The fraction of sp³-hybridized carbons (Fsp3) is 0.316. The Bertz CT molecular complexity index is 957. The molecule has 2 heterocycles. The summed E-state index contributed by atoms with van der Waals surface area (Å²) in [5.41, 5.74) is 1.94. The summed E-state index contributed by atoms with van der Waals surface area (Å²) in [6.07, 6.45) is 1.55. The van der Waals surface area contributed by atoms with Crippen molar-refractivity contribution in [2.45, 2.75) is 37.6 Å². The first-order valence-corrected chi connectivity index (χ1v) is 9.93. The van der Waals surface area contributed by atoms with Gasteiger partial charge >= 0.3 is 0 Å². The number of hydrogen-bond donors (Lipinski definition) is 0. The van der Waals surface area contributed by atoms with Crippen LogP contribution in [0.25, 0.3) is 10.2 Å². The average molecular weight is 390 g/mol. The van der Waals surface area contributed by atoms with E-state index in [2.05, 4.69) is 23.8 Å². The maximum atomic E-state index is 13.3. The van der Waals surface area contributed by atoms with Gasteiger partial charge in [0.2, 0.25) is 5.91 Å². The van der Waals surface area contributed by atoms with E-state index in [1.165, 1.54) is 34.3 Å². The molecule has 2 aromatic heterocycles. The van der Waals surface area contributed by atoms with Gasteiger partial charge < -0.3 is 4.90 Å². The maximum absolute atomic E-state index is 13.3. The molecule has 7 heteroatoms. The fourth-order valence-corrected chi connectivity index (χ4v) is 4.91. The highest BCUT2D eigenvalue weighted by atomic mass is 32.2. The van der Waals surface area contributed by atoms with Crippen molar-refractivity contribution < 1.29 is 9.18 Å². The lowest BCUT2D eigenvalue weighted by Gasteiger charge is -2.21. The predicted octanol–water partition coefficient (Wildman–Crippen LogP) is 4.59. The van der Waals surface area contributed by atoms with Gasteiger partial charge in [-0.2, -0.15) is 0 Å². The molecule has 0 saturated heterocycles. The number of hydrogen-bond acceptors (Lipinski definition) is 5. The van der Waals surface area contributed by atoms with Gasteiger partial charge in [0.15, 0.2) is 0 Å². The van der Waals surface area contributed by atoms with Gasteiger partial charge in [-0.25, -0.2) is 14.4 Å². The number of rotatable bonds is 5. The van der Waals surface area contributed by atoms with E-state index in [-0.39, 0.29) is 17.0 Å². The van der Waals surface area contributed by atoms with E-state index in [4.69, 9.17) is 0 Å². The van der Waals surface area contributed by atoms with E-state index >= 15 is 0 Å². The lowest BCUT2D eigenvalue weighted by molar-refractivity contribution is -0.129. The van der Waals surface area contributed by atoms with Crippen LogP contribution in [0.5, 0.6) is 0 Å². The SMILES string of the molecule is Cc1sc2ncnc(S[C@H](C)C(=O)N(C)Cc3cccc(F)c3)c2c1C. The number of benzene rings is 1. The smallest absolute Gasteiger partial charge is 0.235 e. The van der Waals surface area contributed by atoms with Crippen LogP contribution in [0.1, 0.15) is 22.9 Å². The maximum Gasteiger partial charge on any atom is 0.235 e. The van der Waals surface area contributed by atoms with Crippen LogP contribution in [0, 0.1) is 19.7 Å². The second-order valence-corrected chi connectivity index (χ2v) is 8.76. The third-order valence-electron chi connectivity index (χ3n) is 4.25. The molecule has 26 heavy (non-hydrogen) atoms. The molecule has 136 valence electrons. The molecule has 1 atom stereocenters. The van der Waals surface area contributed by atoms with Crippen molar-refractivity contribution in [3.63, 3.8) is 0 Å². The molecule has 0 saturated carbocycles. The molecule has 0 aliphatic rings. The van der Waals surface area contributed by atoms with Crippen molar-refractivity contribution in [2.24, 2.45) is 0 Å². The Morgan fingerprint density at radius 2 is 2.12 bits per heavy atom. The second kappa shape index (κ2) is 7.72. The summed E-state index contributed by atoms with van der Waals surface area (Å²) in [4.78, 5) is 25.3. The Kier molecular flexibility index (Phi) is 5.58. The van der Waals surface area contributed by atoms with Crippen LogP contribution < -0.4 is 0 Å². The van der Waals surface area contributed by atoms with Crippen molar-refractivity contribution >= 4 is 39.2 Å². The first kappa shape index (κ1) is 18.8. The second-order valence-electron chi connectivity index (χ2n) is 6.23. The van der Waals surface area contributed by atoms with Gasteiger partial charge in [0.05, 0.1) is 5.25 Å². The van der Waals surface area contributed by atoms with Gasteiger partial charge in [-0.15, -0.1) is 11.3 Å². The number of thioether (sulfide) groups is 1. The van der Waals surface area contributed by atoms with Crippen molar-refractivity contribution in [3.8, 4) is 0 Å². The standard InChI is InChI=1S/C19H20FN3OS2/c1-11-12(2)25-17-16(11)18(22-10-21-17)26-13(3)19(24)23(4)9-14-6-5-7-15(20)8-14/h5-8,10,13H,9H2,1-4H3/t13-/m1/s1. The number of halogens is 1. The largest absolute Gasteiger partial charge is 0.340 e. The van der Waals surface area contributed by atoms with E-state index in [1.54, 1.807) is 35.7 Å². The Balaban J connectivity index is 1.75. The van der Waals surface area contributed by atoms with Gasteiger partial charge in [0, 0.05) is 23.9 Å². The lowest BCUT2D eigenvalue weighted by atomic mass is 10.2. The van der Waals surface area contributed by atoms with Crippen LogP contribution in [0.2, 0.25) is 0 Å². The molecular formula is C19H20FN3OS2. The van der Waals surface area contributed by atoms with Gasteiger partial charge in [-0.3, -0.25) is 4.79 Å². The molecule has 0 bridgehead atoms. The van der Waals surface area contributed by atoms with E-state index in [9.17, 15) is 9.18 Å². The summed E-state index contributed by atoms with van der Waals surface area (Å²) in [5.74, 6) is -0.312. The number of thiophene rings is 1. The zero-order valence-electron chi connectivity index (χ0n) is 15.1. The number of carbonyl (C=O) groups excluding carboxylic acids is 1. The van der Waals surface area contributed by atoms with Crippen molar-refractivity contribution in [1.29, 1.82) is 0 Å². The molecule has 0 aliphatic carbocycles. The van der Waals surface area contributed by atoms with Gasteiger partial charge in [-0.1, -0.05) is 23.9 Å². The van der Waals surface area contributed by atoms with E-state index in [0.717, 1.165) is 20.8 Å². The molecule has 0 N–H and O–H groups in total. The zero-order chi connectivity index (χ0) is 18.8. The summed E-state index contributed by atoms with van der Waals surface area (Å²) < 4.78 is 13.3. The van der Waals surface area contributed by atoms with E-state index in [1.807, 2.05) is 13.0 Å². The normalized spacial score (nSPS) is 12.3. The minimum atomic E-state index is -0.300.